The van der Waals surface area contributed by atoms with Gasteiger partial charge in [-0.1, -0.05) is 140 Å². The minimum absolute atomic E-state index is 0.0989. The molecule has 0 saturated heterocycles. The first-order chi connectivity index (χ1) is 25.7. The number of rotatable bonds is 5. The number of para-hydroxylation sites is 2. The van der Waals surface area contributed by atoms with Gasteiger partial charge in [0, 0.05) is 34.1 Å². The van der Waals surface area contributed by atoms with Crippen LogP contribution in [-0.2, 0) is 0 Å². The van der Waals surface area contributed by atoms with E-state index in [0.29, 0.717) is 5.92 Å². The van der Waals surface area contributed by atoms with Crippen LogP contribution in [0, 0.1) is 6.92 Å². The molecule has 2 nitrogen and oxygen atoms in total. The molecular formula is C49H41BN2. The largest absolute Gasteiger partial charge is 0.311 e. The predicted octanol–water partition coefficient (Wildman–Crippen LogP) is 11.5. The third-order valence-electron chi connectivity index (χ3n) is 11.7. The van der Waals surface area contributed by atoms with Gasteiger partial charge in [0.25, 0.3) is 6.71 Å². The highest BCUT2D eigenvalue weighted by molar-refractivity contribution is 7.00. The molecule has 52 heavy (non-hydrogen) atoms. The quantitative estimate of drug-likeness (QED) is 0.168. The average Bonchev–Trinajstić information content (AvgIpc) is 3.22. The molecule has 2 aliphatic heterocycles. The molecule has 0 radical (unpaired) electrons. The summed E-state index contributed by atoms with van der Waals surface area (Å²) >= 11 is 0. The Morgan fingerprint density at radius 2 is 0.981 bits per heavy atom. The highest BCUT2D eigenvalue weighted by Gasteiger charge is 2.43. The maximum Gasteiger partial charge on any atom is 0.252 e. The Balaban J connectivity index is 1.22. The second-order valence-corrected chi connectivity index (χ2v) is 14.9. The molecule has 0 aromatic heterocycles. The fourth-order valence-corrected chi connectivity index (χ4v) is 9.14. The molecule has 0 spiro atoms. The number of anilines is 6. The van der Waals surface area contributed by atoms with E-state index in [1.807, 2.05) is 0 Å². The zero-order valence-corrected chi connectivity index (χ0v) is 29.7. The number of fused-ring (bicyclic) bond motifs is 4. The third-order valence-corrected chi connectivity index (χ3v) is 11.7. The lowest BCUT2D eigenvalue weighted by Crippen LogP contribution is -2.61. The summed E-state index contributed by atoms with van der Waals surface area (Å²) in [6.07, 6.45) is 6.49. The van der Waals surface area contributed by atoms with Gasteiger partial charge in [-0.2, -0.15) is 0 Å². The molecule has 250 valence electrons. The van der Waals surface area contributed by atoms with Gasteiger partial charge in [0.15, 0.2) is 0 Å². The van der Waals surface area contributed by atoms with Crippen molar-refractivity contribution in [1.82, 2.24) is 0 Å². The lowest BCUT2D eigenvalue weighted by molar-refractivity contribution is 0.444. The van der Waals surface area contributed by atoms with Crippen LogP contribution in [0.25, 0.3) is 22.3 Å². The summed E-state index contributed by atoms with van der Waals surface area (Å²) in [4.78, 5) is 5.11. The second kappa shape index (κ2) is 12.8. The molecule has 0 N–H and O–H groups in total. The van der Waals surface area contributed by atoms with E-state index in [1.54, 1.807) is 0 Å². The van der Waals surface area contributed by atoms with Crippen molar-refractivity contribution in [2.24, 2.45) is 0 Å². The summed E-state index contributed by atoms with van der Waals surface area (Å²) in [5.41, 5.74) is 19.4. The van der Waals surface area contributed by atoms with Gasteiger partial charge in [-0.05, 0) is 118 Å². The Labute approximate surface area is 308 Å². The van der Waals surface area contributed by atoms with E-state index in [4.69, 9.17) is 0 Å². The summed E-state index contributed by atoms with van der Waals surface area (Å²) < 4.78 is 0. The number of benzene rings is 7. The van der Waals surface area contributed by atoms with Crippen LogP contribution < -0.4 is 26.2 Å². The standard InChI is InChI=1S/C49H41BN2/c1-34-21-28-42(29-22-34)52-45-20-12-11-19-43(45)50-44-31-39(38-25-23-37(24-26-38)35-13-5-2-6-14-35)27-30-46(44)51(41-17-9-4-10-18-41)47-32-40(33-48(52)49(47)50)36-15-7-3-8-16-36/h2,4-6,9-14,17-33,36H,3,7-8,15-16H2,1H3. The molecule has 0 atom stereocenters. The molecule has 3 heteroatoms. The number of aryl methyl sites for hydroxylation is 1. The van der Waals surface area contributed by atoms with Crippen LogP contribution in [0.5, 0.6) is 0 Å². The summed E-state index contributed by atoms with van der Waals surface area (Å²) in [5, 5.41) is 0. The third kappa shape index (κ3) is 5.18. The molecule has 10 rings (SSSR count). The second-order valence-electron chi connectivity index (χ2n) is 14.9. The molecule has 1 aliphatic carbocycles. The van der Waals surface area contributed by atoms with Crippen LogP contribution in [0.15, 0.2) is 164 Å². The van der Waals surface area contributed by atoms with Gasteiger partial charge in [0.2, 0.25) is 0 Å². The summed E-state index contributed by atoms with van der Waals surface area (Å²) in [5.74, 6) is 0.575. The number of hydrogen-bond donors (Lipinski definition) is 0. The summed E-state index contributed by atoms with van der Waals surface area (Å²) in [7, 11) is 0. The number of nitrogens with zero attached hydrogens (tertiary/aromatic N) is 2. The molecule has 0 unspecified atom stereocenters. The molecule has 2 heterocycles. The predicted molar refractivity (Wildman–Crippen MR) is 222 cm³/mol. The van der Waals surface area contributed by atoms with Gasteiger partial charge >= 0.3 is 0 Å². The van der Waals surface area contributed by atoms with Crippen molar-refractivity contribution in [1.29, 1.82) is 0 Å². The fourth-order valence-electron chi connectivity index (χ4n) is 9.14. The van der Waals surface area contributed by atoms with E-state index in [9.17, 15) is 0 Å². The van der Waals surface area contributed by atoms with E-state index in [2.05, 4.69) is 181 Å². The van der Waals surface area contributed by atoms with Crippen LogP contribution in [0.2, 0.25) is 0 Å². The Kier molecular flexibility index (Phi) is 7.60. The summed E-state index contributed by atoms with van der Waals surface area (Å²) in [6, 6.07) is 61.3. The molecule has 1 fully saturated rings. The van der Waals surface area contributed by atoms with Crippen LogP contribution in [0.3, 0.4) is 0 Å². The van der Waals surface area contributed by atoms with E-state index >= 15 is 0 Å². The molecule has 0 bridgehead atoms. The normalized spacial score (nSPS) is 14.8. The first-order valence-corrected chi connectivity index (χ1v) is 19.0. The molecule has 7 aromatic carbocycles. The lowest BCUT2D eigenvalue weighted by Gasteiger charge is -2.45. The van der Waals surface area contributed by atoms with Crippen LogP contribution >= 0.6 is 0 Å². The van der Waals surface area contributed by atoms with Crippen molar-refractivity contribution in [3.05, 3.63) is 175 Å². The highest BCUT2D eigenvalue weighted by Crippen LogP contribution is 2.47. The van der Waals surface area contributed by atoms with Gasteiger partial charge in [-0.25, -0.2) is 0 Å². The van der Waals surface area contributed by atoms with E-state index in [1.165, 1.54) is 116 Å². The monoisotopic (exact) mass is 668 g/mol. The first-order valence-electron chi connectivity index (χ1n) is 19.0. The molecule has 0 amide bonds. The van der Waals surface area contributed by atoms with E-state index < -0.39 is 0 Å². The van der Waals surface area contributed by atoms with Gasteiger partial charge in [-0.15, -0.1) is 0 Å². The Morgan fingerprint density at radius 3 is 1.67 bits per heavy atom. The van der Waals surface area contributed by atoms with Crippen molar-refractivity contribution in [2.45, 2.75) is 44.9 Å². The first kappa shape index (κ1) is 31.0. The maximum absolute atomic E-state index is 2.57. The Bertz CT molecular complexity index is 2390. The van der Waals surface area contributed by atoms with E-state index in [-0.39, 0.29) is 6.71 Å². The van der Waals surface area contributed by atoms with Crippen LogP contribution in [-0.4, -0.2) is 6.71 Å². The molecule has 1 saturated carbocycles. The fraction of sp³-hybridized carbons (Fsp3) is 0.143. The van der Waals surface area contributed by atoms with Crippen molar-refractivity contribution in [3.8, 4) is 22.3 Å². The SMILES string of the molecule is Cc1ccc(N2c3ccccc3B3c4cc(-c5ccc(-c6ccccc6)cc5)ccc4N(c4ccccc4)c4cc(C5CCCCC5)cc2c43)cc1. The summed E-state index contributed by atoms with van der Waals surface area (Å²) in [6.45, 7) is 2.28. The molecular weight excluding hydrogens is 627 g/mol. The van der Waals surface area contributed by atoms with Crippen LogP contribution in [0.1, 0.15) is 49.1 Å². The van der Waals surface area contributed by atoms with Crippen molar-refractivity contribution in [3.63, 3.8) is 0 Å². The topological polar surface area (TPSA) is 6.48 Å². The van der Waals surface area contributed by atoms with Crippen molar-refractivity contribution < 1.29 is 0 Å². The molecule has 7 aromatic rings. The van der Waals surface area contributed by atoms with Gasteiger partial charge in [0.05, 0.1) is 0 Å². The maximum atomic E-state index is 2.57. The number of hydrogen-bond acceptors (Lipinski definition) is 2. The smallest absolute Gasteiger partial charge is 0.252 e. The van der Waals surface area contributed by atoms with Crippen molar-refractivity contribution in [2.75, 3.05) is 9.80 Å². The van der Waals surface area contributed by atoms with Crippen molar-refractivity contribution >= 4 is 57.2 Å². The Hall–Kier alpha value is -5.80. The minimum Gasteiger partial charge on any atom is -0.311 e. The minimum atomic E-state index is 0.0989. The zero-order valence-electron chi connectivity index (χ0n) is 29.7. The average molecular weight is 669 g/mol. The zero-order chi connectivity index (χ0) is 34.6. The molecule has 3 aliphatic rings. The highest BCUT2D eigenvalue weighted by atomic mass is 15.2. The van der Waals surface area contributed by atoms with E-state index in [0.717, 1.165) is 0 Å². The van der Waals surface area contributed by atoms with Gasteiger partial charge in [-0.3, -0.25) is 0 Å². The Morgan fingerprint density at radius 1 is 0.442 bits per heavy atom. The lowest BCUT2D eigenvalue weighted by atomic mass is 9.33. The van der Waals surface area contributed by atoms with Gasteiger partial charge < -0.3 is 9.80 Å². The van der Waals surface area contributed by atoms with Crippen LogP contribution in [0.4, 0.5) is 34.1 Å². The van der Waals surface area contributed by atoms with Gasteiger partial charge in [0.1, 0.15) is 0 Å².